The molecule has 0 atom stereocenters. The van der Waals surface area contributed by atoms with E-state index in [1.54, 1.807) is 19.2 Å². The molecule has 40 heavy (non-hydrogen) atoms. The number of carbonyl (C=O) groups is 1. The number of benzene rings is 4. The Bertz CT molecular complexity index is 1600. The summed E-state index contributed by atoms with van der Waals surface area (Å²) in [6.07, 6.45) is 0. The van der Waals surface area contributed by atoms with Gasteiger partial charge in [-0.25, -0.2) is 0 Å². The number of amides is 1. The molecule has 0 bridgehead atoms. The summed E-state index contributed by atoms with van der Waals surface area (Å²) in [5, 5.41) is 9.98. The Labute approximate surface area is 241 Å². The van der Waals surface area contributed by atoms with Gasteiger partial charge >= 0.3 is 0 Å². The molecule has 0 aliphatic heterocycles. The average molecular weight is 568 g/mol. The van der Waals surface area contributed by atoms with Crippen molar-refractivity contribution in [1.82, 2.24) is 25.6 Å². The van der Waals surface area contributed by atoms with Gasteiger partial charge in [0.1, 0.15) is 5.75 Å². The molecule has 7 nitrogen and oxygen atoms in total. The third kappa shape index (κ3) is 6.36. The molecule has 0 aliphatic carbocycles. The van der Waals surface area contributed by atoms with Gasteiger partial charge in [0.25, 0.3) is 0 Å². The summed E-state index contributed by atoms with van der Waals surface area (Å²) in [6.45, 7) is 4.05. The van der Waals surface area contributed by atoms with Gasteiger partial charge in [-0.1, -0.05) is 84.5 Å². The fourth-order valence-electron chi connectivity index (χ4n) is 3.99. The zero-order chi connectivity index (χ0) is 27.9. The number of methoxy groups -OCH3 is 1. The predicted molar refractivity (Wildman–Crippen MR) is 161 cm³/mol. The molecule has 5 rings (SSSR count). The van der Waals surface area contributed by atoms with Gasteiger partial charge in [-0.05, 0) is 65.2 Å². The van der Waals surface area contributed by atoms with Crippen LogP contribution in [0, 0.1) is 0 Å². The lowest BCUT2D eigenvalue weighted by Crippen LogP contribution is -2.37. The minimum absolute atomic E-state index is 0.113. The Kier molecular flexibility index (Phi) is 8.49. The monoisotopic (exact) mass is 567 g/mol. The first kappa shape index (κ1) is 27.1. The van der Waals surface area contributed by atoms with Crippen LogP contribution in [0.4, 0.5) is 0 Å². The number of hydrogen-bond donors (Lipinski definition) is 2. The number of nitrogens with zero attached hydrogens (tertiary/aromatic N) is 3. The first-order valence-electron chi connectivity index (χ1n) is 12.4. The van der Waals surface area contributed by atoms with Crippen molar-refractivity contribution in [3.8, 4) is 34.0 Å². The summed E-state index contributed by atoms with van der Waals surface area (Å²) in [5.41, 5.74) is 11.0. The van der Waals surface area contributed by atoms with E-state index >= 15 is 0 Å². The van der Waals surface area contributed by atoms with Gasteiger partial charge in [0.2, 0.25) is 5.91 Å². The van der Waals surface area contributed by atoms with Crippen molar-refractivity contribution in [2.24, 2.45) is 0 Å². The van der Waals surface area contributed by atoms with E-state index in [-0.39, 0.29) is 11.7 Å². The van der Waals surface area contributed by atoms with Gasteiger partial charge in [-0.15, -0.1) is 10.2 Å². The maximum Gasteiger partial charge on any atom is 0.248 e. The number of hydrazine groups is 1. The SMILES string of the molecule is C=C(NNC(=O)CSc1nnc(-c2ccc(OC)cc2)n1-c1ccc(Cl)cc1)c1ccc(-c2ccccc2)cc1. The van der Waals surface area contributed by atoms with Gasteiger partial charge in [0, 0.05) is 16.3 Å². The zero-order valence-corrected chi connectivity index (χ0v) is 23.2. The highest BCUT2D eigenvalue weighted by atomic mass is 35.5. The van der Waals surface area contributed by atoms with Gasteiger partial charge < -0.3 is 4.74 Å². The second-order valence-electron chi connectivity index (χ2n) is 8.73. The zero-order valence-electron chi connectivity index (χ0n) is 21.7. The Hall–Kier alpha value is -4.53. The number of rotatable bonds is 10. The summed E-state index contributed by atoms with van der Waals surface area (Å²) < 4.78 is 7.18. The number of thioether (sulfide) groups is 1. The molecular formula is C31H26ClN5O2S. The molecule has 4 aromatic carbocycles. The van der Waals surface area contributed by atoms with E-state index in [2.05, 4.69) is 39.8 Å². The van der Waals surface area contributed by atoms with Gasteiger partial charge in [0.15, 0.2) is 11.0 Å². The van der Waals surface area contributed by atoms with Crippen LogP contribution in [0.15, 0.2) is 115 Å². The minimum atomic E-state index is -0.233. The summed E-state index contributed by atoms with van der Waals surface area (Å²) in [4.78, 5) is 12.7. The maximum absolute atomic E-state index is 12.7. The molecule has 2 N–H and O–H groups in total. The normalized spacial score (nSPS) is 10.7. The third-order valence-corrected chi connectivity index (χ3v) is 7.27. The molecular weight excluding hydrogens is 542 g/mol. The molecule has 0 fully saturated rings. The fraction of sp³-hybridized carbons (Fsp3) is 0.0645. The lowest BCUT2D eigenvalue weighted by molar-refractivity contribution is -0.119. The molecule has 0 saturated heterocycles. The van der Waals surface area contributed by atoms with E-state index in [1.165, 1.54) is 11.8 Å². The third-order valence-electron chi connectivity index (χ3n) is 6.09. The van der Waals surface area contributed by atoms with E-state index in [4.69, 9.17) is 16.3 Å². The van der Waals surface area contributed by atoms with Crippen LogP contribution < -0.4 is 15.6 Å². The fourth-order valence-corrected chi connectivity index (χ4v) is 4.87. The van der Waals surface area contributed by atoms with E-state index in [0.29, 0.717) is 21.7 Å². The second-order valence-corrected chi connectivity index (χ2v) is 10.1. The average Bonchev–Trinajstić information content (AvgIpc) is 3.43. The number of hydrogen-bond acceptors (Lipinski definition) is 6. The van der Waals surface area contributed by atoms with Crippen molar-refractivity contribution in [1.29, 1.82) is 0 Å². The van der Waals surface area contributed by atoms with Crippen LogP contribution in [-0.4, -0.2) is 33.5 Å². The smallest absolute Gasteiger partial charge is 0.248 e. The number of aromatic nitrogens is 3. The van der Waals surface area contributed by atoms with Gasteiger partial charge in [-0.2, -0.15) is 0 Å². The predicted octanol–water partition coefficient (Wildman–Crippen LogP) is 6.65. The molecule has 0 saturated carbocycles. The molecule has 0 spiro atoms. The van der Waals surface area contributed by atoms with Crippen LogP contribution in [0.25, 0.3) is 33.9 Å². The molecule has 0 radical (unpaired) electrons. The standard InChI is InChI=1S/C31H26ClN5O2S/c1-21(22-8-10-24(11-9-22)23-6-4-3-5-7-23)33-34-29(38)20-40-31-36-35-30(25-12-18-28(39-2)19-13-25)37(31)27-16-14-26(32)15-17-27/h3-19,33H,1,20H2,2H3,(H,34,38). The van der Waals surface area contributed by atoms with Crippen molar-refractivity contribution in [2.75, 3.05) is 12.9 Å². The van der Waals surface area contributed by atoms with Crippen molar-refractivity contribution in [3.63, 3.8) is 0 Å². The molecule has 1 amide bonds. The molecule has 9 heteroatoms. The molecule has 1 heterocycles. The van der Waals surface area contributed by atoms with Gasteiger partial charge in [0.05, 0.1) is 18.6 Å². The Balaban J connectivity index is 1.24. The number of nitrogens with one attached hydrogen (secondary N) is 2. The van der Waals surface area contributed by atoms with Crippen molar-refractivity contribution >= 4 is 35.0 Å². The van der Waals surface area contributed by atoms with Crippen LogP contribution in [-0.2, 0) is 4.79 Å². The van der Waals surface area contributed by atoms with Gasteiger partial charge in [-0.3, -0.25) is 20.2 Å². The minimum Gasteiger partial charge on any atom is -0.497 e. The molecule has 0 unspecified atom stereocenters. The van der Waals surface area contributed by atoms with Crippen molar-refractivity contribution in [3.05, 3.63) is 120 Å². The lowest BCUT2D eigenvalue weighted by Gasteiger charge is -2.13. The Morgan fingerprint density at radius 1 is 0.850 bits per heavy atom. The quantitative estimate of drug-likeness (QED) is 0.145. The number of ether oxygens (including phenoxy) is 1. The van der Waals surface area contributed by atoms with Crippen LogP contribution in [0.3, 0.4) is 0 Å². The van der Waals surface area contributed by atoms with E-state index in [0.717, 1.165) is 33.7 Å². The highest BCUT2D eigenvalue weighted by molar-refractivity contribution is 7.99. The van der Waals surface area contributed by atoms with Crippen LogP contribution in [0.2, 0.25) is 5.02 Å². The van der Waals surface area contributed by atoms with Crippen LogP contribution in [0.5, 0.6) is 5.75 Å². The molecule has 200 valence electrons. The maximum atomic E-state index is 12.7. The topological polar surface area (TPSA) is 81.1 Å². The van der Waals surface area contributed by atoms with Crippen molar-refractivity contribution < 1.29 is 9.53 Å². The van der Waals surface area contributed by atoms with E-state index in [1.807, 2.05) is 83.4 Å². The Morgan fingerprint density at radius 3 is 2.17 bits per heavy atom. The van der Waals surface area contributed by atoms with Crippen molar-refractivity contribution in [2.45, 2.75) is 5.16 Å². The summed E-state index contributed by atoms with van der Waals surface area (Å²) >= 11 is 7.39. The summed E-state index contributed by atoms with van der Waals surface area (Å²) in [5.74, 6) is 1.26. The molecule has 1 aromatic heterocycles. The highest BCUT2D eigenvalue weighted by Crippen LogP contribution is 2.29. The Morgan fingerprint density at radius 2 is 1.50 bits per heavy atom. The van der Waals surface area contributed by atoms with E-state index < -0.39 is 0 Å². The number of halogens is 1. The summed E-state index contributed by atoms with van der Waals surface area (Å²) in [7, 11) is 1.62. The first-order chi connectivity index (χ1) is 19.5. The van der Waals surface area contributed by atoms with Crippen LogP contribution >= 0.6 is 23.4 Å². The highest BCUT2D eigenvalue weighted by Gasteiger charge is 2.18. The van der Waals surface area contributed by atoms with E-state index in [9.17, 15) is 4.79 Å². The first-order valence-corrected chi connectivity index (χ1v) is 13.8. The largest absolute Gasteiger partial charge is 0.497 e. The summed E-state index contributed by atoms with van der Waals surface area (Å²) in [6, 6.07) is 33.1. The molecule has 5 aromatic rings. The molecule has 0 aliphatic rings. The number of carbonyl (C=O) groups excluding carboxylic acids is 1. The lowest BCUT2D eigenvalue weighted by atomic mass is 10.0. The van der Waals surface area contributed by atoms with Crippen LogP contribution in [0.1, 0.15) is 5.56 Å². The second kappa shape index (κ2) is 12.5.